The number of para-hydroxylation sites is 1. The Morgan fingerprint density at radius 1 is 1.05 bits per heavy atom. The Morgan fingerprint density at radius 3 is 2.52 bits per heavy atom. The Labute approximate surface area is 263 Å². The van der Waals surface area contributed by atoms with Gasteiger partial charge < -0.3 is 14.6 Å². The summed E-state index contributed by atoms with van der Waals surface area (Å²) in [4.78, 5) is 22.3. The molecule has 4 aromatic carbocycles. The molecule has 0 aliphatic carbocycles. The fourth-order valence-corrected chi connectivity index (χ4v) is 5.34. The van der Waals surface area contributed by atoms with E-state index in [1.807, 2.05) is 30.3 Å². The average Bonchev–Trinajstić information content (AvgIpc) is 3.42. The van der Waals surface area contributed by atoms with Gasteiger partial charge in [0.15, 0.2) is 11.6 Å². The van der Waals surface area contributed by atoms with E-state index in [9.17, 15) is 10.3 Å². The molecule has 1 amide bonds. The summed E-state index contributed by atoms with van der Waals surface area (Å²) in [5, 5.41) is 13.6. The van der Waals surface area contributed by atoms with Gasteiger partial charge in [-0.2, -0.15) is 0 Å². The largest absolute Gasteiger partial charge is 0.494 e. The second-order valence-corrected chi connectivity index (χ2v) is 10.7. The topological polar surface area (TPSA) is 141 Å². The first kappa shape index (κ1) is 30.7. The number of anilines is 1. The Balaban J connectivity index is 1.62. The summed E-state index contributed by atoms with van der Waals surface area (Å²) in [6, 6.07) is 28.2. The minimum atomic E-state index is -1.62. The molecule has 12 heteroatoms. The van der Waals surface area contributed by atoms with Crippen LogP contribution in [0.25, 0.3) is 10.4 Å². The average molecular weight is 632 g/mol. The summed E-state index contributed by atoms with van der Waals surface area (Å²) in [6.45, 7) is 0.399. The van der Waals surface area contributed by atoms with Crippen molar-refractivity contribution in [1.82, 2.24) is 5.43 Å². The van der Waals surface area contributed by atoms with Gasteiger partial charge in [0.25, 0.3) is 5.91 Å². The van der Waals surface area contributed by atoms with E-state index in [-0.39, 0.29) is 18.9 Å². The highest BCUT2D eigenvalue weighted by molar-refractivity contribution is 6.35. The number of hydrazine groups is 1. The van der Waals surface area contributed by atoms with Gasteiger partial charge >= 0.3 is 0 Å². The highest BCUT2D eigenvalue weighted by Crippen LogP contribution is 2.46. The van der Waals surface area contributed by atoms with Crippen molar-refractivity contribution in [2.24, 2.45) is 10.1 Å². The highest BCUT2D eigenvalue weighted by atomic mass is 35.5. The van der Waals surface area contributed by atoms with Crippen LogP contribution in [0.5, 0.6) is 5.75 Å². The van der Waals surface area contributed by atoms with Crippen LogP contribution in [0.3, 0.4) is 0 Å². The van der Waals surface area contributed by atoms with Gasteiger partial charge in [0.2, 0.25) is 5.90 Å². The van der Waals surface area contributed by atoms with Crippen molar-refractivity contribution < 1.29 is 19.4 Å². The van der Waals surface area contributed by atoms with Gasteiger partial charge in [-0.25, -0.2) is 4.99 Å². The molecule has 224 valence electrons. The maximum absolute atomic E-state index is 14.4. The number of aliphatic imine (C=N–C) groups is 1. The molecule has 0 saturated carbocycles. The van der Waals surface area contributed by atoms with Crippen molar-refractivity contribution in [2.75, 3.05) is 18.6 Å². The molecule has 44 heavy (non-hydrogen) atoms. The fraction of sp³-hybridized carbons (Fsp3) is 0.188. The van der Waals surface area contributed by atoms with Gasteiger partial charge in [-0.3, -0.25) is 15.6 Å². The third-order valence-corrected chi connectivity index (χ3v) is 7.54. The van der Waals surface area contributed by atoms with Crippen LogP contribution in [0.2, 0.25) is 10.0 Å². The number of halogens is 2. The number of ether oxygens (including phenoxy) is 2. The molecule has 5 rings (SSSR count). The molecule has 0 aromatic heterocycles. The quantitative estimate of drug-likeness (QED) is 0.0493. The molecule has 10 nitrogen and oxygen atoms in total. The Kier molecular flexibility index (Phi) is 9.89. The van der Waals surface area contributed by atoms with Crippen LogP contribution in [-0.2, 0) is 16.0 Å². The number of rotatable bonds is 12. The number of nitrogens with one attached hydrogen (secondary N) is 2. The van der Waals surface area contributed by atoms with Crippen molar-refractivity contribution >= 4 is 46.4 Å². The van der Waals surface area contributed by atoms with Crippen molar-refractivity contribution in [1.29, 1.82) is 0 Å². The first-order valence-corrected chi connectivity index (χ1v) is 14.5. The second-order valence-electron chi connectivity index (χ2n) is 9.90. The molecule has 2 atom stereocenters. The number of aliphatic hydroxyl groups excluding tert-OH is 1. The molecule has 0 radical (unpaired) electrons. The number of azide groups is 1. The van der Waals surface area contributed by atoms with E-state index in [4.69, 9.17) is 42.8 Å². The molecule has 1 heterocycles. The summed E-state index contributed by atoms with van der Waals surface area (Å²) in [5.41, 5.74) is 16.1. The smallest absolute Gasteiger partial charge is 0.270 e. The van der Waals surface area contributed by atoms with E-state index >= 15 is 0 Å². The van der Waals surface area contributed by atoms with Crippen LogP contribution in [-0.4, -0.2) is 35.7 Å². The van der Waals surface area contributed by atoms with Crippen LogP contribution < -0.4 is 15.6 Å². The van der Waals surface area contributed by atoms with Gasteiger partial charge in [-0.1, -0.05) is 76.8 Å². The first-order chi connectivity index (χ1) is 21.4. The summed E-state index contributed by atoms with van der Waals surface area (Å²) in [6.07, 6.45) is -0.494. The minimum Gasteiger partial charge on any atom is -0.494 e. The summed E-state index contributed by atoms with van der Waals surface area (Å²) in [5.74, 6) is 0.309. The number of hydrogen-bond donors (Lipinski definition) is 3. The number of aliphatic hydroxyl groups is 1. The van der Waals surface area contributed by atoms with Crippen LogP contribution in [0, 0.1) is 0 Å². The third-order valence-electron chi connectivity index (χ3n) is 6.97. The van der Waals surface area contributed by atoms with Crippen LogP contribution in [0.15, 0.2) is 107 Å². The van der Waals surface area contributed by atoms with Crippen LogP contribution >= 0.6 is 23.2 Å². The Bertz CT molecular complexity index is 1700. The lowest BCUT2D eigenvalue weighted by Crippen LogP contribution is -2.51. The molecule has 0 unspecified atom stereocenters. The van der Waals surface area contributed by atoms with Crippen LogP contribution in [0.4, 0.5) is 11.4 Å². The highest BCUT2D eigenvalue weighted by Gasteiger charge is 2.54. The van der Waals surface area contributed by atoms with Gasteiger partial charge in [0.1, 0.15) is 5.75 Å². The minimum absolute atomic E-state index is 0.0000270. The lowest BCUT2D eigenvalue weighted by Gasteiger charge is -2.31. The molecule has 0 spiro atoms. The first-order valence-electron chi connectivity index (χ1n) is 13.7. The molecule has 1 aliphatic rings. The van der Waals surface area contributed by atoms with E-state index in [1.165, 1.54) is 0 Å². The molecule has 0 bridgehead atoms. The van der Waals surface area contributed by atoms with E-state index in [2.05, 4.69) is 20.9 Å². The molecular weight excluding hydrogens is 603 g/mol. The van der Waals surface area contributed by atoms with Gasteiger partial charge in [-0.05, 0) is 59.6 Å². The van der Waals surface area contributed by atoms with E-state index in [1.54, 1.807) is 66.7 Å². The SMILES string of the molecule is [N-]=[N+]=Nc1ccccc1C[C@]1(C(=O)NNc2ccccc2)N=C(c2ccc(OCCCO)cc2)O[C@H]1c1ccc(Cl)cc1Cl. The predicted molar refractivity (Wildman–Crippen MR) is 170 cm³/mol. The Morgan fingerprint density at radius 2 is 1.80 bits per heavy atom. The Hall–Kier alpha value is -4.73. The number of amides is 1. The zero-order chi connectivity index (χ0) is 30.9. The maximum atomic E-state index is 14.4. The second kappa shape index (κ2) is 14.2. The lowest BCUT2D eigenvalue weighted by atomic mass is 9.81. The standard InChI is InChI=1S/C32H28Cl2N6O4/c33-23-13-16-26(27(34)19-23)29-32(20-22-7-4-5-10-28(22)38-40-35,31(42)39-37-24-8-2-1-3-9-24)36-30(44-29)21-11-14-25(15-12-21)43-18-6-17-41/h1-5,7-16,19,29,37,41H,6,17-18,20H2,(H,39,42)/t29-,32-/m0/s1. The molecule has 0 saturated heterocycles. The predicted octanol–water partition coefficient (Wildman–Crippen LogP) is 7.34. The molecule has 0 fully saturated rings. The van der Waals surface area contributed by atoms with Crippen LogP contribution in [0.1, 0.15) is 29.2 Å². The fourth-order valence-electron chi connectivity index (χ4n) is 4.83. The summed E-state index contributed by atoms with van der Waals surface area (Å²) < 4.78 is 12.2. The van der Waals surface area contributed by atoms with E-state index in [0.29, 0.717) is 56.9 Å². The zero-order valence-corrected chi connectivity index (χ0v) is 24.9. The zero-order valence-electron chi connectivity index (χ0n) is 23.4. The molecule has 3 N–H and O–H groups in total. The van der Waals surface area contributed by atoms with Gasteiger partial charge in [-0.15, -0.1) is 0 Å². The normalized spacial score (nSPS) is 17.2. The molecular formula is C32H28Cl2N6O4. The van der Waals surface area contributed by atoms with Crippen molar-refractivity contribution in [3.05, 3.63) is 134 Å². The van der Waals surface area contributed by atoms with Crippen molar-refractivity contribution in [3.63, 3.8) is 0 Å². The number of carbonyl (C=O) groups is 1. The maximum Gasteiger partial charge on any atom is 0.270 e. The summed E-state index contributed by atoms with van der Waals surface area (Å²) >= 11 is 12.9. The molecule has 4 aromatic rings. The molecule has 1 aliphatic heterocycles. The van der Waals surface area contributed by atoms with Gasteiger partial charge in [0.05, 0.1) is 12.3 Å². The van der Waals surface area contributed by atoms with Crippen molar-refractivity contribution in [2.45, 2.75) is 24.5 Å². The number of hydrogen-bond acceptors (Lipinski definition) is 7. The third kappa shape index (κ3) is 6.90. The lowest BCUT2D eigenvalue weighted by molar-refractivity contribution is -0.128. The monoisotopic (exact) mass is 630 g/mol. The van der Waals surface area contributed by atoms with E-state index < -0.39 is 17.6 Å². The number of benzene rings is 4. The number of nitrogens with zero attached hydrogens (tertiary/aromatic N) is 4. The van der Waals surface area contributed by atoms with Crippen molar-refractivity contribution in [3.8, 4) is 5.75 Å². The number of carbonyl (C=O) groups excluding carboxylic acids is 1. The summed E-state index contributed by atoms with van der Waals surface area (Å²) in [7, 11) is 0. The van der Waals surface area contributed by atoms with E-state index in [0.717, 1.165) is 0 Å². The van der Waals surface area contributed by atoms with Gasteiger partial charge in [0, 0.05) is 51.2 Å².